The lowest BCUT2D eigenvalue weighted by Crippen LogP contribution is -2.40. The van der Waals surface area contributed by atoms with Crippen molar-refractivity contribution in [3.63, 3.8) is 0 Å². The van der Waals surface area contributed by atoms with Crippen molar-refractivity contribution in [2.75, 3.05) is 17.3 Å². The van der Waals surface area contributed by atoms with Crippen molar-refractivity contribution < 1.29 is 14.3 Å². The van der Waals surface area contributed by atoms with Gasteiger partial charge in [-0.3, -0.25) is 14.5 Å². The van der Waals surface area contributed by atoms with E-state index in [4.69, 9.17) is 4.74 Å². The van der Waals surface area contributed by atoms with Crippen LogP contribution in [0.2, 0.25) is 0 Å². The first kappa shape index (κ1) is 19.9. The number of allylic oxidation sites excluding steroid dienone is 1. The molecule has 0 bridgehead atoms. The molecule has 160 valence electrons. The van der Waals surface area contributed by atoms with E-state index in [1.165, 1.54) is 0 Å². The first-order valence-corrected chi connectivity index (χ1v) is 11.0. The molecular weight excluding hydrogens is 388 g/mol. The van der Waals surface area contributed by atoms with E-state index in [-0.39, 0.29) is 23.0 Å². The Morgan fingerprint density at radius 3 is 2.61 bits per heavy atom. The molecule has 1 atom stereocenters. The zero-order valence-corrected chi connectivity index (χ0v) is 18.3. The number of ether oxygens (including phenoxy) is 1. The Hall–Kier alpha value is -3.08. The number of benzene rings is 2. The molecule has 1 N–H and O–H groups in total. The fraction of sp³-hybridized carbons (Fsp3) is 0.385. The number of hydrogen-bond donors (Lipinski definition) is 1. The van der Waals surface area contributed by atoms with Crippen LogP contribution in [-0.4, -0.2) is 18.8 Å². The van der Waals surface area contributed by atoms with E-state index in [0.717, 1.165) is 41.9 Å². The average molecular weight is 417 g/mol. The van der Waals surface area contributed by atoms with Crippen LogP contribution in [0.5, 0.6) is 5.75 Å². The molecule has 1 saturated carbocycles. The number of fused-ring (bicyclic) bond motifs is 1. The minimum absolute atomic E-state index is 0.0263. The summed E-state index contributed by atoms with van der Waals surface area (Å²) in [5.74, 6) is 0.937. The Morgan fingerprint density at radius 1 is 1.10 bits per heavy atom. The van der Waals surface area contributed by atoms with E-state index in [1.807, 2.05) is 53.4 Å². The van der Waals surface area contributed by atoms with Gasteiger partial charge in [0.2, 0.25) is 5.91 Å². The lowest BCUT2D eigenvalue weighted by atomic mass is 9.73. The number of para-hydroxylation sites is 2. The van der Waals surface area contributed by atoms with Crippen LogP contribution in [0.15, 0.2) is 59.8 Å². The summed E-state index contributed by atoms with van der Waals surface area (Å²) in [5.41, 5.74) is 4.09. The highest BCUT2D eigenvalue weighted by molar-refractivity contribution is 6.07. The molecule has 0 unspecified atom stereocenters. The number of nitrogens with one attached hydrogen (secondary N) is 1. The molecule has 5 heteroatoms. The van der Waals surface area contributed by atoms with Crippen molar-refractivity contribution in [2.45, 2.75) is 45.6 Å². The Kier molecular flexibility index (Phi) is 4.65. The summed E-state index contributed by atoms with van der Waals surface area (Å²) in [6.45, 7) is 4.25. The van der Waals surface area contributed by atoms with Crippen molar-refractivity contribution in [2.24, 2.45) is 11.3 Å². The van der Waals surface area contributed by atoms with Crippen LogP contribution in [0, 0.1) is 11.3 Å². The molecule has 31 heavy (non-hydrogen) atoms. The van der Waals surface area contributed by atoms with Crippen LogP contribution in [0.3, 0.4) is 0 Å². The van der Waals surface area contributed by atoms with E-state index in [1.54, 1.807) is 7.11 Å². The number of anilines is 2. The van der Waals surface area contributed by atoms with Gasteiger partial charge >= 0.3 is 0 Å². The molecule has 3 aliphatic rings. The Morgan fingerprint density at radius 2 is 1.87 bits per heavy atom. The van der Waals surface area contributed by atoms with Gasteiger partial charge in [-0.1, -0.05) is 38.1 Å². The second-order valence-corrected chi connectivity index (χ2v) is 9.64. The number of Topliss-reactive ketones (excluding diaryl/α,β-unsaturated/α-hetero) is 1. The van der Waals surface area contributed by atoms with Crippen molar-refractivity contribution in [3.8, 4) is 5.75 Å². The summed E-state index contributed by atoms with van der Waals surface area (Å²) in [4.78, 5) is 29.1. The number of methoxy groups -OCH3 is 1. The molecule has 0 saturated heterocycles. The van der Waals surface area contributed by atoms with Crippen LogP contribution in [0.1, 0.15) is 51.1 Å². The number of amides is 1. The summed E-state index contributed by atoms with van der Waals surface area (Å²) < 4.78 is 5.48. The quantitative estimate of drug-likeness (QED) is 0.743. The lowest BCUT2D eigenvalue weighted by Gasteiger charge is -2.37. The SMILES string of the molecule is COc1cccc([C@H]2C3=C(CC(C)(C)CC3=O)Nc3ccccc3N2C(=O)C2CC2)c1. The Labute approximate surface area is 183 Å². The van der Waals surface area contributed by atoms with Gasteiger partial charge in [0.25, 0.3) is 0 Å². The van der Waals surface area contributed by atoms with Gasteiger partial charge in [0, 0.05) is 23.6 Å². The second-order valence-electron chi connectivity index (χ2n) is 9.64. The molecule has 1 heterocycles. The van der Waals surface area contributed by atoms with E-state index >= 15 is 0 Å². The smallest absolute Gasteiger partial charge is 0.231 e. The monoisotopic (exact) mass is 416 g/mol. The molecular formula is C26H28N2O3. The van der Waals surface area contributed by atoms with Gasteiger partial charge in [-0.25, -0.2) is 0 Å². The van der Waals surface area contributed by atoms with Crippen LogP contribution >= 0.6 is 0 Å². The van der Waals surface area contributed by atoms with Crippen LogP contribution in [0.4, 0.5) is 11.4 Å². The van der Waals surface area contributed by atoms with Gasteiger partial charge in [0.05, 0.1) is 24.5 Å². The maximum Gasteiger partial charge on any atom is 0.231 e. The number of carbonyl (C=O) groups excluding carboxylic acids is 2. The molecule has 2 aromatic carbocycles. The number of hydrogen-bond acceptors (Lipinski definition) is 4. The summed E-state index contributed by atoms with van der Waals surface area (Å²) in [5, 5.41) is 3.55. The van der Waals surface area contributed by atoms with Crippen molar-refractivity contribution >= 4 is 23.1 Å². The minimum Gasteiger partial charge on any atom is -0.497 e. The molecule has 1 amide bonds. The number of ketones is 1. The van der Waals surface area contributed by atoms with Gasteiger partial charge in [0.15, 0.2) is 5.78 Å². The second kappa shape index (κ2) is 7.26. The van der Waals surface area contributed by atoms with Crippen LogP contribution in [0.25, 0.3) is 0 Å². The van der Waals surface area contributed by atoms with Crippen LogP contribution in [-0.2, 0) is 9.59 Å². The molecule has 5 rings (SSSR count). The maximum atomic E-state index is 13.7. The third-order valence-corrected chi connectivity index (χ3v) is 6.47. The van der Waals surface area contributed by atoms with E-state index < -0.39 is 6.04 Å². The Balaban J connectivity index is 1.77. The molecule has 0 aromatic heterocycles. The van der Waals surface area contributed by atoms with Crippen molar-refractivity contribution in [1.82, 2.24) is 0 Å². The number of rotatable bonds is 3. The number of nitrogens with zero attached hydrogens (tertiary/aromatic N) is 1. The predicted molar refractivity (Wildman–Crippen MR) is 121 cm³/mol. The fourth-order valence-electron chi connectivity index (χ4n) is 4.88. The van der Waals surface area contributed by atoms with E-state index in [0.29, 0.717) is 17.7 Å². The highest BCUT2D eigenvalue weighted by atomic mass is 16.5. The zero-order chi connectivity index (χ0) is 21.8. The third-order valence-electron chi connectivity index (χ3n) is 6.47. The first-order chi connectivity index (χ1) is 14.9. The standard InChI is InChI=1S/C26H28N2O3/c1-26(2)14-20-23(22(29)15-26)24(17-7-6-8-18(13-17)31-3)28(25(30)16-11-12-16)21-10-5-4-9-19(21)27-20/h4-10,13,16,24,27H,11-12,14-15H2,1-3H3/t24-/m0/s1. The lowest BCUT2D eigenvalue weighted by molar-refractivity contribution is -0.120. The molecule has 0 spiro atoms. The predicted octanol–water partition coefficient (Wildman–Crippen LogP) is 5.25. The van der Waals surface area contributed by atoms with Gasteiger partial charge < -0.3 is 10.1 Å². The molecule has 2 aliphatic carbocycles. The summed E-state index contributed by atoms with van der Waals surface area (Å²) in [6, 6.07) is 15.2. The highest BCUT2D eigenvalue weighted by Gasteiger charge is 2.46. The first-order valence-electron chi connectivity index (χ1n) is 11.0. The molecule has 2 aromatic rings. The van der Waals surface area contributed by atoms with E-state index in [9.17, 15) is 9.59 Å². The van der Waals surface area contributed by atoms with Gasteiger partial charge in [-0.2, -0.15) is 0 Å². The largest absolute Gasteiger partial charge is 0.497 e. The van der Waals surface area contributed by atoms with Gasteiger partial charge in [-0.15, -0.1) is 0 Å². The maximum absolute atomic E-state index is 13.7. The van der Waals surface area contributed by atoms with Gasteiger partial charge in [0.1, 0.15) is 5.75 Å². The van der Waals surface area contributed by atoms with E-state index in [2.05, 4.69) is 19.2 Å². The molecule has 0 radical (unpaired) electrons. The average Bonchev–Trinajstić information content (AvgIpc) is 3.58. The zero-order valence-electron chi connectivity index (χ0n) is 18.3. The normalized spacial score (nSPS) is 22.2. The van der Waals surface area contributed by atoms with Crippen molar-refractivity contribution in [1.29, 1.82) is 0 Å². The molecule has 1 fully saturated rings. The fourth-order valence-corrected chi connectivity index (χ4v) is 4.88. The van der Waals surface area contributed by atoms with Crippen molar-refractivity contribution in [3.05, 3.63) is 65.4 Å². The van der Waals surface area contributed by atoms with Crippen LogP contribution < -0.4 is 15.0 Å². The third kappa shape index (κ3) is 3.52. The van der Waals surface area contributed by atoms with Gasteiger partial charge in [-0.05, 0) is 54.5 Å². The highest BCUT2D eigenvalue weighted by Crippen LogP contribution is 2.50. The minimum atomic E-state index is -0.474. The summed E-state index contributed by atoms with van der Waals surface area (Å²) in [6.07, 6.45) is 3.04. The summed E-state index contributed by atoms with van der Waals surface area (Å²) in [7, 11) is 1.63. The molecule has 5 nitrogen and oxygen atoms in total. The topological polar surface area (TPSA) is 58.6 Å². The summed E-state index contributed by atoms with van der Waals surface area (Å²) >= 11 is 0. The Bertz CT molecular complexity index is 1100. The number of carbonyl (C=O) groups is 2. The molecule has 1 aliphatic heterocycles.